The minimum Gasteiger partial charge on any atom is -0.464 e. The van der Waals surface area contributed by atoms with Gasteiger partial charge in [0.2, 0.25) is 0 Å². The predicted molar refractivity (Wildman–Crippen MR) is 83.4 cm³/mol. The standard InChI is InChI=1S/C17H21F4NO3/c1-3-4-5-6-9-25-16(24)11(2)22-15(23)13-10-12(17(19,20)21)7-8-14(13)18/h7-8,10-11H,3-6,9H2,1-2H3,(H,22,23). The number of alkyl halides is 3. The number of unbranched alkanes of at least 4 members (excludes halogenated alkanes) is 3. The molecule has 140 valence electrons. The predicted octanol–water partition coefficient (Wildman–Crippen LogP) is 4.09. The zero-order chi connectivity index (χ0) is 19.0. The summed E-state index contributed by atoms with van der Waals surface area (Å²) in [6.07, 6.45) is -1.07. The third-order valence-electron chi connectivity index (χ3n) is 3.48. The highest BCUT2D eigenvalue weighted by atomic mass is 19.4. The van der Waals surface area contributed by atoms with Crippen LogP contribution in [0.25, 0.3) is 0 Å². The van der Waals surface area contributed by atoms with Gasteiger partial charge in [-0.1, -0.05) is 26.2 Å². The van der Waals surface area contributed by atoms with Crippen molar-refractivity contribution in [3.63, 3.8) is 0 Å². The molecular weight excluding hydrogens is 342 g/mol. The van der Waals surface area contributed by atoms with Crippen LogP contribution in [-0.2, 0) is 15.7 Å². The molecule has 0 saturated carbocycles. The van der Waals surface area contributed by atoms with Crippen molar-refractivity contribution >= 4 is 11.9 Å². The van der Waals surface area contributed by atoms with Crippen molar-refractivity contribution in [3.8, 4) is 0 Å². The molecule has 8 heteroatoms. The van der Waals surface area contributed by atoms with Crippen LogP contribution in [0.2, 0.25) is 0 Å². The Morgan fingerprint density at radius 3 is 2.48 bits per heavy atom. The van der Waals surface area contributed by atoms with Crippen molar-refractivity contribution < 1.29 is 31.9 Å². The first-order valence-electron chi connectivity index (χ1n) is 8.01. The second-order valence-corrected chi connectivity index (χ2v) is 5.62. The Bertz CT molecular complexity index is 602. The lowest BCUT2D eigenvalue weighted by Crippen LogP contribution is -2.40. The van der Waals surface area contributed by atoms with Crippen LogP contribution in [0.5, 0.6) is 0 Å². The number of rotatable bonds is 8. The summed E-state index contributed by atoms with van der Waals surface area (Å²) in [4.78, 5) is 23.7. The maximum absolute atomic E-state index is 13.6. The van der Waals surface area contributed by atoms with E-state index in [-0.39, 0.29) is 6.61 Å². The van der Waals surface area contributed by atoms with E-state index in [1.54, 1.807) is 0 Å². The van der Waals surface area contributed by atoms with Gasteiger partial charge in [0.25, 0.3) is 5.91 Å². The molecule has 1 unspecified atom stereocenters. The fourth-order valence-corrected chi connectivity index (χ4v) is 2.04. The van der Waals surface area contributed by atoms with Crippen molar-refractivity contribution in [2.75, 3.05) is 6.61 Å². The van der Waals surface area contributed by atoms with Crippen LogP contribution in [0.3, 0.4) is 0 Å². The number of ether oxygens (including phenoxy) is 1. The van der Waals surface area contributed by atoms with Gasteiger partial charge in [-0.15, -0.1) is 0 Å². The SMILES string of the molecule is CCCCCCOC(=O)C(C)NC(=O)c1cc(C(F)(F)F)ccc1F. The average Bonchev–Trinajstić information content (AvgIpc) is 2.53. The summed E-state index contributed by atoms with van der Waals surface area (Å²) in [6, 6.07) is 0.412. The monoisotopic (exact) mass is 363 g/mol. The van der Waals surface area contributed by atoms with E-state index in [0.717, 1.165) is 19.3 Å². The molecule has 0 aliphatic carbocycles. The normalized spacial score (nSPS) is 12.6. The topological polar surface area (TPSA) is 55.4 Å². The van der Waals surface area contributed by atoms with E-state index in [0.29, 0.717) is 24.6 Å². The van der Waals surface area contributed by atoms with Crippen LogP contribution >= 0.6 is 0 Å². The number of halogens is 4. The van der Waals surface area contributed by atoms with Crippen molar-refractivity contribution in [1.29, 1.82) is 0 Å². The summed E-state index contributed by atoms with van der Waals surface area (Å²) in [5, 5.41) is 2.15. The average molecular weight is 363 g/mol. The van der Waals surface area contributed by atoms with E-state index >= 15 is 0 Å². The minimum atomic E-state index is -4.70. The number of carbonyl (C=O) groups is 2. The lowest BCUT2D eigenvalue weighted by molar-refractivity contribution is -0.145. The lowest BCUT2D eigenvalue weighted by atomic mass is 10.1. The first-order chi connectivity index (χ1) is 11.7. The summed E-state index contributed by atoms with van der Waals surface area (Å²) in [6.45, 7) is 3.55. The van der Waals surface area contributed by atoms with E-state index in [1.807, 2.05) is 6.92 Å². The maximum atomic E-state index is 13.6. The molecule has 0 aliphatic rings. The molecule has 0 aromatic heterocycles. The number of nitrogens with one attached hydrogen (secondary N) is 1. The van der Waals surface area contributed by atoms with Gasteiger partial charge in [0, 0.05) is 0 Å². The fourth-order valence-electron chi connectivity index (χ4n) is 2.04. The van der Waals surface area contributed by atoms with Gasteiger partial charge in [0.15, 0.2) is 0 Å². The maximum Gasteiger partial charge on any atom is 0.416 e. The van der Waals surface area contributed by atoms with Gasteiger partial charge >= 0.3 is 12.1 Å². The van der Waals surface area contributed by atoms with Gasteiger partial charge in [-0.2, -0.15) is 13.2 Å². The molecule has 1 N–H and O–H groups in total. The Balaban J connectivity index is 2.64. The molecule has 1 rings (SSSR count). The van der Waals surface area contributed by atoms with Crippen LogP contribution in [0.4, 0.5) is 17.6 Å². The Labute approximate surface area is 143 Å². The van der Waals surface area contributed by atoms with E-state index in [4.69, 9.17) is 4.74 Å². The van der Waals surface area contributed by atoms with Crippen molar-refractivity contribution in [2.24, 2.45) is 0 Å². The van der Waals surface area contributed by atoms with Gasteiger partial charge in [0.05, 0.1) is 17.7 Å². The zero-order valence-corrected chi connectivity index (χ0v) is 14.1. The van der Waals surface area contributed by atoms with Crippen molar-refractivity contribution in [2.45, 2.75) is 51.7 Å². The summed E-state index contributed by atoms with van der Waals surface area (Å²) in [5.74, 6) is -2.94. The molecular formula is C17H21F4NO3. The zero-order valence-electron chi connectivity index (χ0n) is 14.1. The summed E-state index contributed by atoms with van der Waals surface area (Å²) in [7, 11) is 0. The quantitative estimate of drug-likeness (QED) is 0.430. The van der Waals surface area contributed by atoms with Crippen LogP contribution in [0, 0.1) is 5.82 Å². The summed E-state index contributed by atoms with van der Waals surface area (Å²) < 4.78 is 56.6. The van der Waals surface area contributed by atoms with Crippen LogP contribution < -0.4 is 5.32 Å². The molecule has 4 nitrogen and oxygen atoms in total. The minimum absolute atomic E-state index is 0.191. The molecule has 0 radical (unpaired) electrons. The Kier molecular flexibility index (Phi) is 7.86. The van der Waals surface area contributed by atoms with Crippen molar-refractivity contribution in [3.05, 3.63) is 35.1 Å². The summed E-state index contributed by atoms with van der Waals surface area (Å²) in [5.41, 5.74) is -1.93. The lowest BCUT2D eigenvalue weighted by Gasteiger charge is -2.14. The van der Waals surface area contributed by atoms with Crippen LogP contribution in [-0.4, -0.2) is 24.5 Å². The number of amides is 1. The third kappa shape index (κ3) is 6.72. The molecule has 0 aliphatic heterocycles. The fraction of sp³-hybridized carbons (Fsp3) is 0.529. The molecule has 0 heterocycles. The number of benzene rings is 1. The van der Waals surface area contributed by atoms with Gasteiger partial charge < -0.3 is 10.1 Å². The molecule has 0 fully saturated rings. The van der Waals surface area contributed by atoms with Gasteiger partial charge in [-0.3, -0.25) is 4.79 Å². The Morgan fingerprint density at radius 2 is 1.88 bits per heavy atom. The highest BCUT2D eigenvalue weighted by Gasteiger charge is 2.32. The Morgan fingerprint density at radius 1 is 1.20 bits per heavy atom. The van der Waals surface area contributed by atoms with E-state index in [1.165, 1.54) is 6.92 Å². The largest absolute Gasteiger partial charge is 0.464 e. The molecule has 1 amide bonds. The molecule has 25 heavy (non-hydrogen) atoms. The second kappa shape index (κ2) is 9.39. The molecule has 0 saturated heterocycles. The van der Waals surface area contributed by atoms with Crippen LogP contribution in [0.1, 0.15) is 55.5 Å². The number of hydrogen-bond donors (Lipinski definition) is 1. The molecule has 1 aromatic rings. The number of hydrogen-bond acceptors (Lipinski definition) is 3. The first-order valence-corrected chi connectivity index (χ1v) is 8.01. The van der Waals surface area contributed by atoms with Crippen molar-refractivity contribution in [1.82, 2.24) is 5.32 Å². The van der Waals surface area contributed by atoms with Gasteiger partial charge in [-0.25, -0.2) is 9.18 Å². The van der Waals surface area contributed by atoms with E-state index < -0.39 is 41.0 Å². The molecule has 1 atom stereocenters. The van der Waals surface area contributed by atoms with Gasteiger partial charge in [0.1, 0.15) is 11.9 Å². The second-order valence-electron chi connectivity index (χ2n) is 5.62. The van der Waals surface area contributed by atoms with Crippen LogP contribution in [0.15, 0.2) is 18.2 Å². The highest BCUT2D eigenvalue weighted by molar-refractivity contribution is 5.97. The first kappa shape index (κ1) is 20.9. The number of esters is 1. The molecule has 1 aromatic carbocycles. The third-order valence-corrected chi connectivity index (χ3v) is 3.48. The van der Waals surface area contributed by atoms with E-state index in [9.17, 15) is 27.2 Å². The molecule has 0 bridgehead atoms. The summed E-state index contributed by atoms with van der Waals surface area (Å²) >= 11 is 0. The smallest absolute Gasteiger partial charge is 0.416 e. The van der Waals surface area contributed by atoms with Gasteiger partial charge in [-0.05, 0) is 31.5 Å². The molecule has 0 spiro atoms. The Hall–Kier alpha value is -2.12. The highest BCUT2D eigenvalue weighted by Crippen LogP contribution is 2.30. The number of carbonyl (C=O) groups excluding carboxylic acids is 2. The van der Waals surface area contributed by atoms with E-state index in [2.05, 4.69) is 5.32 Å².